The molecule has 5 nitrogen and oxygen atoms in total. The lowest BCUT2D eigenvalue weighted by Gasteiger charge is -2.00. The van der Waals surface area contributed by atoms with Crippen LogP contribution in [0, 0.1) is 0 Å². The predicted octanol–water partition coefficient (Wildman–Crippen LogP) is 5.30. The third-order valence-electron chi connectivity index (χ3n) is 4.19. The van der Waals surface area contributed by atoms with E-state index < -0.39 is 5.91 Å². The molecule has 28 heavy (non-hydrogen) atoms. The van der Waals surface area contributed by atoms with E-state index in [1.807, 2.05) is 36.4 Å². The monoisotopic (exact) mass is 408 g/mol. The molecule has 4 rings (SSSR count). The molecule has 0 bridgehead atoms. The van der Waals surface area contributed by atoms with Crippen LogP contribution in [0.15, 0.2) is 71.8 Å². The first-order valence-corrected chi connectivity index (χ1v) is 9.19. The summed E-state index contributed by atoms with van der Waals surface area (Å²) < 4.78 is 0. The maximum absolute atomic E-state index is 12.3. The number of H-pyrrole nitrogens is 1. The van der Waals surface area contributed by atoms with Gasteiger partial charge in [-0.15, -0.1) is 0 Å². The lowest BCUT2D eigenvalue weighted by Crippen LogP contribution is -2.18. The number of nitrogens with zero attached hydrogens (tertiary/aromatic N) is 2. The number of carbonyl (C=O) groups excluding carboxylic acids is 1. The third kappa shape index (κ3) is 3.91. The highest BCUT2D eigenvalue weighted by Crippen LogP contribution is 2.24. The fourth-order valence-corrected chi connectivity index (χ4v) is 3.06. The van der Waals surface area contributed by atoms with Gasteiger partial charge in [0.2, 0.25) is 0 Å². The highest BCUT2D eigenvalue weighted by Gasteiger charge is 2.10. The van der Waals surface area contributed by atoms with Gasteiger partial charge >= 0.3 is 0 Å². The third-order valence-corrected chi connectivity index (χ3v) is 4.93. The van der Waals surface area contributed by atoms with Crippen molar-refractivity contribution in [1.82, 2.24) is 15.6 Å². The van der Waals surface area contributed by atoms with Crippen LogP contribution in [0.4, 0.5) is 0 Å². The first kappa shape index (κ1) is 18.2. The van der Waals surface area contributed by atoms with Gasteiger partial charge in [-0.05, 0) is 40.6 Å². The van der Waals surface area contributed by atoms with Crippen LogP contribution in [0.3, 0.4) is 0 Å². The molecule has 0 saturated carbocycles. The Bertz CT molecular complexity index is 1200. The largest absolute Gasteiger partial charge is 0.289 e. The molecule has 0 aliphatic heterocycles. The van der Waals surface area contributed by atoms with E-state index in [1.54, 1.807) is 24.3 Å². The van der Waals surface area contributed by atoms with Gasteiger partial charge in [0, 0.05) is 5.56 Å². The fraction of sp³-hybridized carbons (Fsp3) is 0. The van der Waals surface area contributed by atoms with Gasteiger partial charge < -0.3 is 0 Å². The number of nitrogens with one attached hydrogen (secondary N) is 2. The van der Waals surface area contributed by atoms with Crippen LogP contribution >= 0.6 is 23.2 Å². The normalized spacial score (nSPS) is 11.2. The van der Waals surface area contributed by atoms with Crippen LogP contribution in [0.25, 0.3) is 22.0 Å². The zero-order valence-electron chi connectivity index (χ0n) is 14.5. The second-order valence-electron chi connectivity index (χ2n) is 6.10. The molecular formula is C21H14Cl2N4O. The molecule has 7 heteroatoms. The van der Waals surface area contributed by atoms with Gasteiger partial charge in [0.1, 0.15) is 5.69 Å². The molecule has 0 saturated heterocycles. The van der Waals surface area contributed by atoms with E-state index in [-0.39, 0.29) is 0 Å². The molecule has 1 amide bonds. The smallest absolute Gasteiger partial charge is 0.272 e. The van der Waals surface area contributed by atoms with Gasteiger partial charge in [0.15, 0.2) is 0 Å². The van der Waals surface area contributed by atoms with Gasteiger partial charge in [-0.25, -0.2) is 5.43 Å². The van der Waals surface area contributed by atoms with E-state index in [0.717, 1.165) is 21.9 Å². The van der Waals surface area contributed by atoms with Gasteiger partial charge in [-0.2, -0.15) is 10.2 Å². The fourth-order valence-electron chi connectivity index (χ4n) is 2.75. The van der Waals surface area contributed by atoms with Crippen molar-refractivity contribution in [3.05, 3.63) is 88.0 Å². The summed E-state index contributed by atoms with van der Waals surface area (Å²) in [4.78, 5) is 12.3. The van der Waals surface area contributed by atoms with Crippen molar-refractivity contribution in [3.8, 4) is 11.3 Å². The number of rotatable bonds is 4. The Kier molecular flexibility index (Phi) is 5.10. The second kappa shape index (κ2) is 7.84. The summed E-state index contributed by atoms with van der Waals surface area (Å²) in [6.45, 7) is 0. The number of aromatic nitrogens is 2. The Balaban J connectivity index is 1.47. The first-order valence-electron chi connectivity index (χ1n) is 8.43. The van der Waals surface area contributed by atoms with Crippen LogP contribution in [0.2, 0.25) is 10.0 Å². The first-order chi connectivity index (χ1) is 13.6. The number of carbonyl (C=O) groups is 1. The number of halogens is 2. The van der Waals surface area contributed by atoms with Gasteiger partial charge in [0.05, 0.1) is 22.0 Å². The number of fused-ring (bicyclic) bond motifs is 1. The Hall–Kier alpha value is -3.15. The van der Waals surface area contributed by atoms with E-state index in [4.69, 9.17) is 23.2 Å². The molecule has 1 heterocycles. The lowest BCUT2D eigenvalue weighted by atomic mass is 10.1. The van der Waals surface area contributed by atoms with Crippen molar-refractivity contribution < 1.29 is 4.79 Å². The van der Waals surface area contributed by atoms with Gasteiger partial charge in [-0.1, -0.05) is 65.7 Å². The van der Waals surface area contributed by atoms with Crippen molar-refractivity contribution >= 4 is 46.1 Å². The quantitative estimate of drug-likeness (QED) is 0.355. The molecule has 0 radical (unpaired) electrons. The van der Waals surface area contributed by atoms with Crippen LogP contribution in [-0.2, 0) is 0 Å². The van der Waals surface area contributed by atoms with E-state index in [9.17, 15) is 4.79 Å². The zero-order chi connectivity index (χ0) is 19.5. The Morgan fingerprint density at radius 1 is 0.964 bits per heavy atom. The molecule has 0 fully saturated rings. The highest BCUT2D eigenvalue weighted by atomic mass is 35.5. The molecule has 0 aliphatic rings. The number of hydrogen-bond donors (Lipinski definition) is 2. The topological polar surface area (TPSA) is 70.1 Å². The lowest BCUT2D eigenvalue weighted by molar-refractivity contribution is 0.0950. The maximum atomic E-state index is 12.3. The summed E-state index contributed by atoms with van der Waals surface area (Å²) in [7, 11) is 0. The maximum Gasteiger partial charge on any atom is 0.289 e. The summed E-state index contributed by atoms with van der Waals surface area (Å²) in [5.41, 5.74) is 5.10. The van der Waals surface area contributed by atoms with Crippen molar-refractivity contribution in [2.45, 2.75) is 0 Å². The molecular weight excluding hydrogens is 395 g/mol. The number of amides is 1. The number of hydrogen-bond acceptors (Lipinski definition) is 3. The standard InChI is InChI=1S/C21H14Cl2N4O/c22-17-8-5-13(9-18(17)23)12-24-27-21(28)20-11-19(25-26-20)16-7-6-14-3-1-2-4-15(14)10-16/h1-12H,(H,25,26)(H,27,28)/b24-12-. The Labute approximate surface area is 171 Å². The van der Waals surface area contributed by atoms with E-state index >= 15 is 0 Å². The zero-order valence-corrected chi connectivity index (χ0v) is 16.0. The molecule has 0 atom stereocenters. The van der Waals surface area contributed by atoms with Crippen LogP contribution in [0.5, 0.6) is 0 Å². The summed E-state index contributed by atoms with van der Waals surface area (Å²) >= 11 is 11.8. The number of aromatic amines is 1. The number of benzene rings is 3. The summed E-state index contributed by atoms with van der Waals surface area (Å²) in [5.74, 6) is -0.393. The van der Waals surface area contributed by atoms with Gasteiger partial charge in [0.25, 0.3) is 5.91 Å². The second-order valence-corrected chi connectivity index (χ2v) is 6.92. The molecule has 4 aromatic rings. The molecule has 0 unspecified atom stereocenters. The van der Waals surface area contributed by atoms with Crippen molar-refractivity contribution in [2.75, 3.05) is 0 Å². The Morgan fingerprint density at radius 2 is 1.79 bits per heavy atom. The van der Waals surface area contributed by atoms with E-state index in [0.29, 0.717) is 21.4 Å². The molecule has 0 aliphatic carbocycles. The minimum absolute atomic E-state index is 0.314. The summed E-state index contributed by atoms with van der Waals surface area (Å²) in [6.07, 6.45) is 1.49. The van der Waals surface area contributed by atoms with Gasteiger partial charge in [-0.3, -0.25) is 9.89 Å². The Morgan fingerprint density at radius 3 is 2.61 bits per heavy atom. The molecule has 2 N–H and O–H groups in total. The molecule has 138 valence electrons. The summed E-state index contributed by atoms with van der Waals surface area (Å²) in [6, 6.07) is 20.9. The minimum atomic E-state index is -0.393. The average molecular weight is 409 g/mol. The number of hydrazone groups is 1. The van der Waals surface area contributed by atoms with E-state index in [2.05, 4.69) is 26.8 Å². The SMILES string of the molecule is O=C(N/N=C\c1ccc(Cl)c(Cl)c1)c1cc(-c2ccc3ccccc3c2)n[nH]1. The molecule has 3 aromatic carbocycles. The van der Waals surface area contributed by atoms with Crippen LogP contribution in [0.1, 0.15) is 16.1 Å². The van der Waals surface area contributed by atoms with Crippen molar-refractivity contribution in [3.63, 3.8) is 0 Å². The van der Waals surface area contributed by atoms with Crippen molar-refractivity contribution in [1.29, 1.82) is 0 Å². The van der Waals surface area contributed by atoms with Crippen LogP contribution in [-0.4, -0.2) is 22.3 Å². The van der Waals surface area contributed by atoms with E-state index in [1.165, 1.54) is 6.21 Å². The molecule has 0 spiro atoms. The highest BCUT2D eigenvalue weighted by molar-refractivity contribution is 6.42. The average Bonchev–Trinajstić information content (AvgIpc) is 3.20. The minimum Gasteiger partial charge on any atom is -0.272 e. The predicted molar refractivity (Wildman–Crippen MR) is 113 cm³/mol. The van der Waals surface area contributed by atoms with Crippen molar-refractivity contribution in [2.24, 2.45) is 5.10 Å². The van der Waals surface area contributed by atoms with Crippen LogP contribution < -0.4 is 5.43 Å². The summed E-state index contributed by atoms with van der Waals surface area (Å²) in [5, 5.41) is 14.1. The molecule has 1 aromatic heterocycles.